The second-order valence-electron chi connectivity index (χ2n) is 5.36. The molecule has 0 spiro atoms. The van der Waals surface area contributed by atoms with Gasteiger partial charge >= 0.3 is 0 Å². The molecule has 0 aromatic heterocycles. The molecule has 23 heavy (non-hydrogen) atoms. The Labute approximate surface area is 135 Å². The topological polar surface area (TPSA) is 70.7 Å². The third-order valence-electron chi connectivity index (χ3n) is 3.67. The van der Waals surface area contributed by atoms with Crippen molar-refractivity contribution in [1.29, 1.82) is 0 Å². The summed E-state index contributed by atoms with van der Waals surface area (Å²) < 4.78 is 18.7. The lowest BCUT2D eigenvalue weighted by Gasteiger charge is -2.34. The van der Waals surface area contributed by atoms with Crippen LogP contribution < -0.4 is 15.4 Å². The molecule has 126 valence electrons. The Morgan fingerprint density at radius 1 is 1.43 bits per heavy atom. The fourth-order valence-electron chi connectivity index (χ4n) is 2.46. The highest BCUT2D eigenvalue weighted by molar-refractivity contribution is 5.87. The van der Waals surface area contributed by atoms with Gasteiger partial charge in [0.2, 0.25) is 11.8 Å². The molecule has 0 bridgehead atoms. The van der Waals surface area contributed by atoms with Gasteiger partial charge in [-0.1, -0.05) is 12.1 Å². The first-order chi connectivity index (χ1) is 11.1. The van der Waals surface area contributed by atoms with Crippen molar-refractivity contribution in [3.8, 4) is 5.75 Å². The van der Waals surface area contributed by atoms with Crippen molar-refractivity contribution in [3.05, 3.63) is 30.1 Å². The predicted octanol–water partition coefficient (Wildman–Crippen LogP) is 0.531. The molecule has 2 N–H and O–H groups in total. The Balaban J connectivity index is 1.70. The van der Waals surface area contributed by atoms with Gasteiger partial charge in [-0.15, -0.1) is 0 Å². The standard InChI is InChI=1S/C16H22FN3O3/c1-12(21)20-9-8-18-11-14(20)16(22)19-7-4-10-23-15-6-3-2-5-13(15)17/h2-3,5-6,14,18H,4,7-11H2,1H3,(H,19,22)/t14-/m0/s1. The molecule has 1 heterocycles. The van der Waals surface area contributed by atoms with Crippen LogP contribution >= 0.6 is 0 Å². The summed E-state index contributed by atoms with van der Waals surface area (Å²) in [5.41, 5.74) is 0. The first kappa shape index (κ1) is 17.2. The zero-order valence-electron chi connectivity index (χ0n) is 13.2. The van der Waals surface area contributed by atoms with E-state index in [-0.39, 0.29) is 17.6 Å². The average Bonchev–Trinajstić information content (AvgIpc) is 2.56. The average molecular weight is 323 g/mol. The number of carbonyl (C=O) groups excluding carboxylic acids is 2. The summed E-state index contributed by atoms with van der Waals surface area (Å²) in [6.45, 7) is 3.87. The van der Waals surface area contributed by atoms with Gasteiger partial charge in [0.15, 0.2) is 11.6 Å². The Hall–Kier alpha value is -2.15. The quantitative estimate of drug-likeness (QED) is 0.749. The molecule has 1 saturated heterocycles. The third kappa shape index (κ3) is 4.92. The zero-order valence-corrected chi connectivity index (χ0v) is 13.2. The lowest BCUT2D eigenvalue weighted by Crippen LogP contribution is -2.59. The molecule has 1 aliphatic rings. The van der Waals surface area contributed by atoms with Crippen molar-refractivity contribution in [2.24, 2.45) is 0 Å². The van der Waals surface area contributed by atoms with Crippen molar-refractivity contribution in [2.75, 3.05) is 32.8 Å². The molecular weight excluding hydrogens is 301 g/mol. The highest BCUT2D eigenvalue weighted by Gasteiger charge is 2.29. The minimum Gasteiger partial charge on any atom is -0.490 e. The molecule has 1 aromatic rings. The van der Waals surface area contributed by atoms with Crippen molar-refractivity contribution < 1.29 is 18.7 Å². The van der Waals surface area contributed by atoms with E-state index in [1.54, 1.807) is 23.1 Å². The second kappa shape index (κ2) is 8.47. The minimum absolute atomic E-state index is 0.102. The fourth-order valence-corrected chi connectivity index (χ4v) is 2.46. The third-order valence-corrected chi connectivity index (χ3v) is 3.67. The fraction of sp³-hybridized carbons (Fsp3) is 0.500. The number of amides is 2. The number of nitrogens with one attached hydrogen (secondary N) is 2. The van der Waals surface area contributed by atoms with Crippen molar-refractivity contribution in [3.63, 3.8) is 0 Å². The molecule has 2 rings (SSSR count). The molecule has 6 nitrogen and oxygen atoms in total. The number of hydrogen-bond acceptors (Lipinski definition) is 4. The zero-order chi connectivity index (χ0) is 16.7. The molecule has 0 radical (unpaired) electrons. The van der Waals surface area contributed by atoms with Gasteiger partial charge in [0.05, 0.1) is 6.61 Å². The molecule has 0 saturated carbocycles. The Morgan fingerprint density at radius 3 is 2.96 bits per heavy atom. The predicted molar refractivity (Wildman–Crippen MR) is 83.6 cm³/mol. The molecule has 7 heteroatoms. The van der Waals surface area contributed by atoms with Crippen LogP contribution in [0.5, 0.6) is 5.75 Å². The first-order valence-corrected chi connectivity index (χ1v) is 7.72. The summed E-state index contributed by atoms with van der Waals surface area (Å²) >= 11 is 0. The summed E-state index contributed by atoms with van der Waals surface area (Å²) in [5.74, 6) is -0.479. The molecule has 1 atom stereocenters. The molecule has 1 aromatic carbocycles. The van der Waals surface area contributed by atoms with Gasteiger partial charge in [-0.2, -0.15) is 0 Å². The van der Waals surface area contributed by atoms with E-state index in [1.165, 1.54) is 13.0 Å². The largest absolute Gasteiger partial charge is 0.490 e. The molecule has 0 unspecified atom stereocenters. The SMILES string of the molecule is CC(=O)N1CCNC[C@H]1C(=O)NCCCOc1ccccc1F. The van der Waals surface area contributed by atoms with E-state index < -0.39 is 11.9 Å². The van der Waals surface area contributed by atoms with Crippen LogP contribution in [-0.2, 0) is 9.59 Å². The highest BCUT2D eigenvalue weighted by atomic mass is 19.1. The number of benzene rings is 1. The summed E-state index contributed by atoms with van der Waals surface area (Å²) in [6.07, 6.45) is 0.556. The van der Waals surface area contributed by atoms with E-state index in [1.807, 2.05) is 0 Å². The van der Waals surface area contributed by atoms with Crippen molar-refractivity contribution in [2.45, 2.75) is 19.4 Å². The van der Waals surface area contributed by atoms with Gasteiger partial charge in [0.1, 0.15) is 6.04 Å². The maximum Gasteiger partial charge on any atom is 0.244 e. The van der Waals surface area contributed by atoms with E-state index in [0.717, 1.165) is 0 Å². The second-order valence-corrected chi connectivity index (χ2v) is 5.36. The van der Waals surface area contributed by atoms with Gasteiger partial charge in [-0.05, 0) is 18.6 Å². The highest BCUT2D eigenvalue weighted by Crippen LogP contribution is 2.15. The van der Waals surface area contributed by atoms with Gasteiger partial charge in [-0.25, -0.2) is 4.39 Å². The Kier molecular flexibility index (Phi) is 6.34. The van der Waals surface area contributed by atoms with Crippen LogP contribution in [0.15, 0.2) is 24.3 Å². The molecule has 1 fully saturated rings. The number of ether oxygens (including phenoxy) is 1. The summed E-state index contributed by atoms with van der Waals surface area (Å²) in [5, 5.41) is 5.90. The first-order valence-electron chi connectivity index (χ1n) is 7.72. The van der Waals surface area contributed by atoms with Crippen LogP contribution in [0.1, 0.15) is 13.3 Å². The Morgan fingerprint density at radius 2 is 2.22 bits per heavy atom. The van der Waals surface area contributed by atoms with Crippen LogP contribution in [0.4, 0.5) is 4.39 Å². The summed E-state index contributed by atoms with van der Waals surface area (Å²) in [7, 11) is 0. The van der Waals surface area contributed by atoms with Crippen LogP contribution in [-0.4, -0.2) is 55.5 Å². The van der Waals surface area contributed by atoms with Gasteiger partial charge in [0.25, 0.3) is 0 Å². The van der Waals surface area contributed by atoms with Gasteiger partial charge < -0.3 is 20.3 Å². The maximum absolute atomic E-state index is 13.3. The van der Waals surface area contributed by atoms with E-state index in [2.05, 4.69) is 10.6 Å². The smallest absolute Gasteiger partial charge is 0.244 e. The van der Waals surface area contributed by atoms with E-state index in [0.29, 0.717) is 39.2 Å². The number of rotatable bonds is 6. The summed E-state index contributed by atoms with van der Waals surface area (Å²) in [4.78, 5) is 25.3. The molecule has 1 aliphatic heterocycles. The minimum atomic E-state index is -0.478. The normalized spacial score (nSPS) is 17.7. The maximum atomic E-state index is 13.3. The number of halogens is 1. The van der Waals surface area contributed by atoms with E-state index in [4.69, 9.17) is 4.74 Å². The van der Waals surface area contributed by atoms with Crippen LogP contribution in [0.2, 0.25) is 0 Å². The van der Waals surface area contributed by atoms with Crippen LogP contribution in [0.25, 0.3) is 0 Å². The lowest BCUT2D eigenvalue weighted by molar-refractivity contribution is -0.139. The van der Waals surface area contributed by atoms with Gasteiger partial charge in [0, 0.05) is 33.1 Å². The van der Waals surface area contributed by atoms with Crippen LogP contribution in [0, 0.1) is 5.82 Å². The number of para-hydroxylation sites is 1. The van der Waals surface area contributed by atoms with Gasteiger partial charge in [-0.3, -0.25) is 9.59 Å². The van der Waals surface area contributed by atoms with Crippen molar-refractivity contribution in [1.82, 2.24) is 15.5 Å². The van der Waals surface area contributed by atoms with Crippen molar-refractivity contribution >= 4 is 11.8 Å². The lowest BCUT2D eigenvalue weighted by atomic mass is 10.1. The number of hydrogen-bond donors (Lipinski definition) is 2. The van der Waals surface area contributed by atoms with Crippen LogP contribution in [0.3, 0.4) is 0 Å². The molecule has 0 aliphatic carbocycles. The molecular formula is C16H22FN3O3. The van der Waals surface area contributed by atoms with E-state index in [9.17, 15) is 14.0 Å². The van der Waals surface area contributed by atoms with E-state index >= 15 is 0 Å². The Bertz CT molecular complexity index is 553. The number of nitrogens with zero attached hydrogens (tertiary/aromatic N) is 1. The molecule has 2 amide bonds. The number of piperazine rings is 1. The summed E-state index contributed by atoms with van der Waals surface area (Å²) in [6, 6.07) is 5.72. The monoisotopic (exact) mass is 323 g/mol. The number of carbonyl (C=O) groups is 2.